The highest BCUT2D eigenvalue weighted by Crippen LogP contribution is 2.29. The van der Waals surface area contributed by atoms with Crippen molar-refractivity contribution in [3.05, 3.63) is 59.7 Å². The number of carbonyl (C=O) groups is 1. The lowest BCUT2D eigenvalue weighted by Crippen LogP contribution is -2.41. The molecular weight excluding hydrogens is 366 g/mol. The van der Waals surface area contributed by atoms with E-state index in [1.165, 1.54) is 13.2 Å². The topological polar surface area (TPSA) is 96.5 Å². The molecule has 7 nitrogen and oxygen atoms in total. The molecule has 27 heavy (non-hydrogen) atoms. The second-order valence-electron chi connectivity index (χ2n) is 6.59. The second kappa shape index (κ2) is 7.67. The standard InChI is InChI=1S/C19H23N3O4S/c1-12-19(13(2)21-20-12)27(24,25)22-16-11-15(9-10-17(16)26-3)18(23)14-7-5-4-6-8-14/h4-13,19-22H,1-3H3. The van der Waals surface area contributed by atoms with Crippen LogP contribution in [0.4, 0.5) is 5.69 Å². The van der Waals surface area contributed by atoms with Gasteiger partial charge in [0.15, 0.2) is 5.78 Å². The Morgan fingerprint density at radius 1 is 1.00 bits per heavy atom. The van der Waals surface area contributed by atoms with Crippen LogP contribution in [-0.4, -0.2) is 38.6 Å². The molecule has 1 fully saturated rings. The first kappa shape index (κ1) is 19.3. The van der Waals surface area contributed by atoms with Crippen LogP contribution in [-0.2, 0) is 10.0 Å². The van der Waals surface area contributed by atoms with Crippen molar-refractivity contribution in [1.82, 2.24) is 10.9 Å². The van der Waals surface area contributed by atoms with Crippen molar-refractivity contribution in [2.24, 2.45) is 0 Å². The Bertz CT molecular complexity index is 921. The van der Waals surface area contributed by atoms with Crippen molar-refractivity contribution >= 4 is 21.5 Å². The maximum atomic E-state index is 12.9. The van der Waals surface area contributed by atoms with Gasteiger partial charge in [-0.2, -0.15) is 0 Å². The average molecular weight is 389 g/mol. The monoisotopic (exact) mass is 389 g/mol. The summed E-state index contributed by atoms with van der Waals surface area (Å²) in [6.07, 6.45) is 0. The summed E-state index contributed by atoms with van der Waals surface area (Å²) in [5, 5.41) is -0.671. The molecule has 0 saturated carbocycles. The van der Waals surface area contributed by atoms with Crippen LogP contribution in [0.2, 0.25) is 0 Å². The van der Waals surface area contributed by atoms with E-state index in [0.717, 1.165) is 0 Å². The Kier molecular flexibility index (Phi) is 5.50. The molecular formula is C19H23N3O4S. The minimum absolute atomic E-state index is 0.190. The minimum Gasteiger partial charge on any atom is -0.495 e. The lowest BCUT2D eigenvalue weighted by atomic mass is 10.0. The Labute approximate surface area is 159 Å². The molecule has 0 amide bonds. The molecule has 2 atom stereocenters. The van der Waals surface area contributed by atoms with E-state index in [1.807, 2.05) is 6.07 Å². The smallest absolute Gasteiger partial charge is 0.238 e. The Morgan fingerprint density at radius 3 is 2.22 bits per heavy atom. The molecule has 1 aliphatic heterocycles. The lowest BCUT2D eigenvalue weighted by molar-refractivity contribution is 0.103. The minimum atomic E-state index is -3.72. The third-order valence-electron chi connectivity index (χ3n) is 4.63. The van der Waals surface area contributed by atoms with Gasteiger partial charge >= 0.3 is 0 Å². The molecule has 2 aromatic carbocycles. The molecule has 0 bridgehead atoms. The van der Waals surface area contributed by atoms with Crippen LogP contribution in [0, 0.1) is 0 Å². The van der Waals surface area contributed by atoms with E-state index >= 15 is 0 Å². The van der Waals surface area contributed by atoms with Crippen LogP contribution in [0.15, 0.2) is 48.5 Å². The predicted molar refractivity (Wildman–Crippen MR) is 104 cm³/mol. The van der Waals surface area contributed by atoms with Crippen LogP contribution in [0.5, 0.6) is 5.75 Å². The van der Waals surface area contributed by atoms with Gasteiger partial charge in [-0.25, -0.2) is 8.42 Å². The zero-order valence-corrected chi connectivity index (χ0v) is 16.2. The van der Waals surface area contributed by atoms with E-state index in [2.05, 4.69) is 15.6 Å². The van der Waals surface area contributed by atoms with E-state index in [9.17, 15) is 13.2 Å². The number of carbonyl (C=O) groups excluding carboxylic acids is 1. The SMILES string of the molecule is COc1ccc(C(=O)c2ccccc2)cc1NS(=O)(=O)C1C(C)NNC1C. The summed E-state index contributed by atoms with van der Waals surface area (Å²) < 4.78 is 33.7. The summed E-state index contributed by atoms with van der Waals surface area (Å²) >= 11 is 0. The summed E-state index contributed by atoms with van der Waals surface area (Å²) in [5.74, 6) is 0.159. The largest absolute Gasteiger partial charge is 0.495 e. The molecule has 0 aromatic heterocycles. The van der Waals surface area contributed by atoms with Gasteiger partial charge in [0, 0.05) is 23.2 Å². The predicted octanol–water partition coefficient (Wildman–Crippen LogP) is 1.92. The molecule has 0 aliphatic carbocycles. The zero-order chi connectivity index (χ0) is 19.6. The summed E-state index contributed by atoms with van der Waals surface area (Å²) in [4.78, 5) is 12.7. The van der Waals surface area contributed by atoms with Crippen LogP contribution in [0.25, 0.3) is 0 Å². The number of hydrazine groups is 1. The first-order chi connectivity index (χ1) is 12.8. The van der Waals surface area contributed by atoms with Crippen LogP contribution in [0.1, 0.15) is 29.8 Å². The maximum Gasteiger partial charge on any atom is 0.238 e. The quantitative estimate of drug-likeness (QED) is 0.653. The molecule has 144 valence electrons. The number of benzene rings is 2. The highest BCUT2D eigenvalue weighted by molar-refractivity contribution is 7.93. The van der Waals surface area contributed by atoms with E-state index in [1.54, 1.807) is 50.2 Å². The van der Waals surface area contributed by atoms with Crippen LogP contribution < -0.4 is 20.3 Å². The van der Waals surface area contributed by atoms with Gasteiger partial charge in [0.25, 0.3) is 0 Å². The van der Waals surface area contributed by atoms with Gasteiger partial charge in [0.1, 0.15) is 11.0 Å². The van der Waals surface area contributed by atoms with Crippen molar-refractivity contribution in [2.75, 3.05) is 11.8 Å². The fraction of sp³-hybridized carbons (Fsp3) is 0.316. The fourth-order valence-electron chi connectivity index (χ4n) is 3.30. The van der Waals surface area contributed by atoms with Crippen molar-refractivity contribution in [3.8, 4) is 5.75 Å². The zero-order valence-electron chi connectivity index (χ0n) is 15.4. The molecule has 3 N–H and O–H groups in total. The summed E-state index contributed by atoms with van der Waals surface area (Å²) in [5.41, 5.74) is 7.02. The maximum absolute atomic E-state index is 12.9. The second-order valence-corrected chi connectivity index (χ2v) is 8.43. The highest BCUT2D eigenvalue weighted by Gasteiger charge is 2.40. The molecule has 1 saturated heterocycles. The number of ether oxygens (including phenoxy) is 1. The molecule has 3 rings (SSSR count). The summed E-state index contributed by atoms with van der Waals surface area (Å²) in [6.45, 7) is 3.60. The van der Waals surface area contributed by atoms with Crippen molar-refractivity contribution in [3.63, 3.8) is 0 Å². The first-order valence-electron chi connectivity index (χ1n) is 8.64. The van der Waals surface area contributed by atoms with E-state index in [0.29, 0.717) is 16.9 Å². The number of ketones is 1. The van der Waals surface area contributed by atoms with Gasteiger partial charge in [-0.15, -0.1) is 0 Å². The summed E-state index contributed by atoms with van der Waals surface area (Å²) in [7, 11) is -2.26. The third kappa shape index (κ3) is 3.97. The van der Waals surface area contributed by atoms with Crippen molar-refractivity contribution < 1.29 is 17.9 Å². The molecule has 8 heteroatoms. The van der Waals surface area contributed by atoms with E-state index < -0.39 is 15.3 Å². The third-order valence-corrected chi connectivity index (χ3v) is 6.67. The lowest BCUT2D eigenvalue weighted by Gasteiger charge is -2.21. The Balaban J connectivity index is 1.94. The van der Waals surface area contributed by atoms with Gasteiger partial charge in [-0.1, -0.05) is 30.3 Å². The van der Waals surface area contributed by atoms with E-state index in [-0.39, 0.29) is 23.6 Å². The normalized spacial score (nSPS) is 22.4. The van der Waals surface area contributed by atoms with Crippen molar-refractivity contribution in [2.45, 2.75) is 31.2 Å². The number of hydrogen-bond donors (Lipinski definition) is 3. The number of nitrogens with one attached hydrogen (secondary N) is 3. The van der Waals surface area contributed by atoms with Crippen LogP contribution in [0.3, 0.4) is 0 Å². The number of methoxy groups -OCH3 is 1. The summed E-state index contributed by atoms with van der Waals surface area (Å²) in [6, 6.07) is 13.0. The highest BCUT2D eigenvalue weighted by atomic mass is 32.2. The van der Waals surface area contributed by atoms with Gasteiger partial charge in [-0.3, -0.25) is 20.4 Å². The molecule has 2 unspecified atom stereocenters. The average Bonchev–Trinajstić information content (AvgIpc) is 3.00. The number of sulfonamides is 1. The molecule has 2 aromatic rings. The van der Waals surface area contributed by atoms with Crippen molar-refractivity contribution in [1.29, 1.82) is 0 Å². The molecule has 1 aliphatic rings. The molecule has 1 heterocycles. The van der Waals surface area contributed by atoms with E-state index in [4.69, 9.17) is 4.74 Å². The Morgan fingerprint density at radius 2 is 1.63 bits per heavy atom. The van der Waals surface area contributed by atoms with Gasteiger partial charge in [0.05, 0.1) is 12.8 Å². The van der Waals surface area contributed by atoms with Gasteiger partial charge in [-0.05, 0) is 32.0 Å². The van der Waals surface area contributed by atoms with Gasteiger partial charge in [0.2, 0.25) is 10.0 Å². The molecule has 0 radical (unpaired) electrons. The number of rotatable bonds is 6. The number of anilines is 1. The Hall–Kier alpha value is -2.42. The first-order valence-corrected chi connectivity index (χ1v) is 10.2. The fourth-order valence-corrected chi connectivity index (χ4v) is 5.12. The number of hydrogen-bond acceptors (Lipinski definition) is 6. The van der Waals surface area contributed by atoms with Crippen LogP contribution >= 0.6 is 0 Å². The molecule has 0 spiro atoms. The van der Waals surface area contributed by atoms with Gasteiger partial charge < -0.3 is 4.74 Å².